The maximum Gasteiger partial charge on any atom is 0.225 e. The topological polar surface area (TPSA) is 53.9 Å². The molecule has 0 spiro atoms. The molecule has 0 amide bonds. The van der Waals surface area contributed by atoms with Crippen LogP contribution in [0.1, 0.15) is 6.42 Å². The van der Waals surface area contributed by atoms with Gasteiger partial charge in [0.2, 0.25) is 5.95 Å². The Kier molecular flexibility index (Phi) is 3.86. The lowest BCUT2D eigenvalue weighted by molar-refractivity contribution is 0.724. The summed E-state index contributed by atoms with van der Waals surface area (Å²) in [5.41, 5.74) is 2.95. The van der Waals surface area contributed by atoms with Gasteiger partial charge in [0.25, 0.3) is 0 Å². The minimum Gasteiger partial charge on any atom is -0.339 e. The van der Waals surface area contributed by atoms with Gasteiger partial charge in [-0.3, -0.25) is 4.98 Å². The highest BCUT2D eigenvalue weighted by Gasteiger charge is 2.13. The number of hydrogen-bond acceptors (Lipinski definition) is 5. The van der Waals surface area contributed by atoms with E-state index in [1.165, 1.54) is 0 Å². The second-order valence-corrected chi connectivity index (χ2v) is 5.75. The molecule has 1 saturated heterocycles. The largest absolute Gasteiger partial charge is 0.339 e. The van der Waals surface area contributed by atoms with Gasteiger partial charge in [-0.2, -0.15) is 0 Å². The van der Waals surface area contributed by atoms with Gasteiger partial charge in [-0.25, -0.2) is 9.97 Å². The Morgan fingerprint density at radius 1 is 1.00 bits per heavy atom. The molecule has 0 radical (unpaired) electrons. The number of nitrogens with one attached hydrogen (secondary N) is 1. The lowest BCUT2D eigenvalue weighted by Crippen LogP contribution is -2.29. The SMILES string of the molecule is c1ccc2ncc(-c3ccnc(N4CCCNCC4)n3)cc2c1. The van der Waals surface area contributed by atoms with Crippen LogP contribution in [0, 0.1) is 0 Å². The summed E-state index contributed by atoms with van der Waals surface area (Å²) < 4.78 is 0. The second kappa shape index (κ2) is 6.30. The molecule has 116 valence electrons. The van der Waals surface area contributed by atoms with Gasteiger partial charge in [0.05, 0.1) is 11.2 Å². The molecule has 5 nitrogen and oxygen atoms in total. The normalized spacial score (nSPS) is 15.6. The van der Waals surface area contributed by atoms with Gasteiger partial charge in [0.1, 0.15) is 0 Å². The van der Waals surface area contributed by atoms with E-state index in [9.17, 15) is 0 Å². The first-order valence-corrected chi connectivity index (χ1v) is 8.04. The van der Waals surface area contributed by atoms with Crippen molar-refractivity contribution in [3.8, 4) is 11.3 Å². The van der Waals surface area contributed by atoms with Crippen LogP contribution in [0.15, 0.2) is 48.8 Å². The summed E-state index contributed by atoms with van der Waals surface area (Å²) in [5, 5.41) is 4.54. The van der Waals surface area contributed by atoms with E-state index in [-0.39, 0.29) is 0 Å². The molecule has 0 bridgehead atoms. The Hall–Kier alpha value is -2.53. The molecule has 23 heavy (non-hydrogen) atoms. The lowest BCUT2D eigenvalue weighted by atomic mass is 10.1. The zero-order chi connectivity index (χ0) is 15.5. The molecule has 0 aliphatic carbocycles. The third-order valence-electron chi connectivity index (χ3n) is 4.15. The number of para-hydroxylation sites is 1. The number of nitrogens with zero attached hydrogens (tertiary/aromatic N) is 4. The van der Waals surface area contributed by atoms with Gasteiger partial charge in [-0.05, 0) is 31.2 Å². The molecule has 1 aliphatic heterocycles. The van der Waals surface area contributed by atoms with Crippen molar-refractivity contribution < 1.29 is 0 Å². The summed E-state index contributed by atoms with van der Waals surface area (Å²) in [6, 6.07) is 12.2. The number of aromatic nitrogens is 3. The van der Waals surface area contributed by atoms with E-state index in [4.69, 9.17) is 4.98 Å². The summed E-state index contributed by atoms with van der Waals surface area (Å²) in [4.78, 5) is 16.0. The summed E-state index contributed by atoms with van der Waals surface area (Å²) in [6.07, 6.45) is 4.84. The molecule has 3 heterocycles. The molecule has 1 aromatic carbocycles. The van der Waals surface area contributed by atoms with Crippen molar-refractivity contribution >= 4 is 16.9 Å². The number of hydrogen-bond donors (Lipinski definition) is 1. The highest BCUT2D eigenvalue weighted by Crippen LogP contribution is 2.22. The van der Waals surface area contributed by atoms with E-state index in [0.29, 0.717) is 0 Å². The lowest BCUT2D eigenvalue weighted by Gasteiger charge is -2.20. The van der Waals surface area contributed by atoms with E-state index >= 15 is 0 Å². The van der Waals surface area contributed by atoms with Crippen LogP contribution in [0.5, 0.6) is 0 Å². The predicted molar refractivity (Wildman–Crippen MR) is 92.5 cm³/mol. The first-order chi connectivity index (χ1) is 11.4. The van der Waals surface area contributed by atoms with Gasteiger partial charge in [0, 0.05) is 43.0 Å². The van der Waals surface area contributed by atoms with E-state index < -0.39 is 0 Å². The highest BCUT2D eigenvalue weighted by atomic mass is 15.3. The summed E-state index contributed by atoms with van der Waals surface area (Å²) >= 11 is 0. The Morgan fingerprint density at radius 3 is 2.96 bits per heavy atom. The molecule has 0 saturated carbocycles. The van der Waals surface area contributed by atoms with Crippen LogP contribution in [0.3, 0.4) is 0 Å². The molecule has 3 aromatic rings. The molecule has 1 N–H and O–H groups in total. The van der Waals surface area contributed by atoms with Crippen molar-refractivity contribution in [1.82, 2.24) is 20.3 Å². The van der Waals surface area contributed by atoms with Crippen LogP contribution >= 0.6 is 0 Å². The van der Waals surface area contributed by atoms with E-state index in [2.05, 4.69) is 32.3 Å². The Labute approximate surface area is 135 Å². The van der Waals surface area contributed by atoms with Crippen LogP contribution in [-0.4, -0.2) is 41.1 Å². The van der Waals surface area contributed by atoms with Gasteiger partial charge < -0.3 is 10.2 Å². The average Bonchev–Trinajstić information content (AvgIpc) is 2.91. The van der Waals surface area contributed by atoms with Crippen molar-refractivity contribution in [3.05, 3.63) is 48.8 Å². The van der Waals surface area contributed by atoms with Crippen LogP contribution in [0.2, 0.25) is 0 Å². The monoisotopic (exact) mass is 305 g/mol. The second-order valence-electron chi connectivity index (χ2n) is 5.75. The van der Waals surface area contributed by atoms with Crippen molar-refractivity contribution in [1.29, 1.82) is 0 Å². The minimum absolute atomic E-state index is 0.805. The number of benzene rings is 1. The Bertz CT molecular complexity index is 809. The first-order valence-electron chi connectivity index (χ1n) is 8.04. The molecule has 5 heteroatoms. The number of anilines is 1. The number of rotatable bonds is 2. The van der Waals surface area contributed by atoms with Gasteiger partial charge in [-0.15, -0.1) is 0 Å². The third-order valence-corrected chi connectivity index (χ3v) is 4.15. The minimum atomic E-state index is 0.805. The maximum atomic E-state index is 4.76. The molecule has 0 unspecified atom stereocenters. The molecule has 1 fully saturated rings. The molecule has 4 rings (SSSR count). The van der Waals surface area contributed by atoms with Crippen molar-refractivity contribution in [3.63, 3.8) is 0 Å². The van der Waals surface area contributed by atoms with E-state index in [1.54, 1.807) is 0 Å². The molecular formula is C18H19N5. The zero-order valence-corrected chi connectivity index (χ0v) is 12.9. The van der Waals surface area contributed by atoms with E-state index in [0.717, 1.165) is 60.7 Å². The standard InChI is InChI=1S/C18H19N5/c1-2-5-16-14(4-1)12-15(13-21-16)17-6-8-20-18(22-17)23-10-3-7-19-9-11-23/h1-2,4-6,8,12-13,19H,3,7,9-11H2. The average molecular weight is 305 g/mol. The highest BCUT2D eigenvalue weighted by molar-refractivity contribution is 5.82. The van der Waals surface area contributed by atoms with Crippen LogP contribution < -0.4 is 10.2 Å². The summed E-state index contributed by atoms with van der Waals surface area (Å²) in [7, 11) is 0. The maximum absolute atomic E-state index is 4.76. The smallest absolute Gasteiger partial charge is 0.225 e. The molecular weight excluding hydrogens is 286 g/mol. The zero-order valence-electron chi connectivity index (χ0n) is 12.9. The van der Waals surface area contributed by atoms with Gasteiger partial charge >= 0.3 is 0 Å². The number of pyridine rings is 1. The van der Waals surface area contributed by atoms with Gasteiger partial charge in [0.15, 0.2) is 0 Å². The van der Waals surface area contributed by atoms with Crippen molar-refractivity contribution in [2.24, 2.45) is 0 Å². The van der Waals surface area contributed by atoms with Crippen LogP contribution in [0.4, 0.5) is 5.95 Å². The van der Waals surface area contributed by atoms with Crippen molar-refractivity contribution in [2.45, 2.75) is 6.42 Å². The van der Waals surface area contributed by atoms with Crippen LogP contribution in [-0.2, 0) is 0 Å². The quantitative estimate of drug-likeness (QED) is 0.788. The fourth-order valence-electron chi connectivity index (χ4n) is 2.92. The van der Waals surface area contributed by atoms with E-state index in [1.807, 2.05) is 36.7 Å². The fraction of sp³-hybridized carbons (Fsp3) is 0.278. The molecule has 1 aliphatic rings. The predicted octanol–water partition coefficient (Wildman–Crippen LogP) is 2.49. The van der Waals surface area contributed by atoms with Crippen molar-refractivity contribution in [2.75, 3.05) is 31.1 Å². The molecule has 0 atom stereocenters. The third kappa shape index (κ3) is 3.00. The van der Waals surface area contributed by atoms with Crippen LogP contribution in [0.25, 0.3) is 22.2 Å². The fourth-order valence-corrected chi connectivity index (χ4v) is 2.92. The number of fused-ring (bicyclic) bond motifs is 1. The summed E-state index contributed by atoms with van der Waals surface area (Å²) in [6.45, 7) is 3.97. The first kappa shape index (κ1) is 14.1. The summed E-state index contributed by atoms with van der Waals surface area (Å²) in [5.74, 6) is 0.805. The molecule has 2 aromatic heterocycles. The Balaban J connectivity index is 1.69. The van der Waals surface area contributed by atoms with Gasteiger partial charge in [-0.1, -0.05) is 18.2 Å². The Morgan fingerprint density at radius 2 is 1.96 bits per heavy atom.